The highest BCUT2D eigenvalue weighted by Crippen LogP contribution is 2.22. The summed E-state index contributed by atoms with van der Waals surface area (Å²) in [5.41, 5.74) is 1.04. The molecule has 0 unspecified atom stereocenters. The molecule has 2 aromatic rings. The normalized spacial score (nSPS) is 14.4. The van der Waals surface area contributed by atoms with Gasteiger partial charge in [-0.05, 0) is 61.9 Å². The third-order valence-electron chi connectivity index (χ3n) is 5.40. The summed E-state index contributed by atoms with van der Waals surface area (Å²) in [4.78, 5) is 11.4. The SMILES string of the molecule is CCNC(=NCc1ccc(Oc2ccc(OC)cc2)nc1)N(C)CCC1CCOCC1.I. The van der Waals surface area contributed by atoms with Gasteiger partial charge in [0.15, 0.2) is 5.96 Å². The van der Waals surface area contributed by atoms with Gasteiger partial charge >= 0.3 is 0 Å². The number of hydrogen-bond acceptors (Lipinski definition) is 5. The average Bonchev–Trinajstić information content (AvgIpc) is 2.82. The quantitative estimate of drug-likeness (QED) is 0.275. The summed E-state index contributed by atoms with van der Waals surface area (Å²) in [6, 6.07) is 11.3. The highest BCUT2D eigenvalue weighted by atomic mass is 127. The van der Waals surface area contributed by atoms with Gasteiger partial charge in [0.1, 0.15) is 11.5 Å². The number of ether oxygens (including phenoxy) is 3. The summed E-state index contributed by atoms with van der Waals surface area (Å²) >= 11 is 0. The largest absolute Gasteiger partial charge is 0.497 e. The van der Waals surface area contributed by atoms with Crippen molar-refractivity contribution in [3.63, 3.8) is 0 Å². The van der Waals surface area contributed by atoms with Crippen LogP contribution in [0.1, 0.15) is 31.7 Å². The minimum Gasteiger partial charge on any atom is -0.497 e. The van der Waals surface area contributed by atoms with Gasteiger partial charge in [-0.25, -0.2) is 9.98 Å². The van der Waals surface area contributed by atoms with Crippen LogP contribution in [0.4, 0.5) is 0 Å². The molecule has 0 spiro atoms. The molecule has 8 heteroatoms. The molecule has 1 aliphatic rings. The van der Waals surface area contributed by atoms with Crippen LogP contribution in [0.5, 0.6) is 17.4 Å². The molecular formula is C24H35IN4O3. The number of benzene rings is 1. The van der Waals surface area contributed by atoms with E-state index in [4.69, 9.17) is 19.2 Å². The minimum absolute atomic E-state index is 0. The molecule has 32 heavy (non-hydrogen) atoms. The fourth-order valence-corrected chi connectivity index (χ4v) is 3.48. The Hall–Kier alpha value is -2.07. The molecule has 1 N–H and O–H groups in total. The second-order valence-electron chi connectivity index (χ2n) is 7.72. The number of nitrogens with zero attached hydrogens (tertiary/aromatic N) is 3. The lowest BCUT2D eigenvalue weighted by Gasteiger charge is -2.26. The van der Waals surface area contributed by atoms with Crippen molar-refractivity contribution in [3.05, 3.63) is 48.2 Å². The fourth-order valence-electron chi connectivity index (χ4n) is 3.48. The maximum atomic E-state index is 5.79. The van der Waals surface area contributed by atoms with Crippen molar-refractivity contribution in [2.75, 3.05) is 40.5 Å². The van der Waals surface area contributed by atoms with Gasteiger partial charge in [0, 0.05) is 45.6 Å². The summed E-state index contributed by atoms with van der Waals surface area (Å²) in [5.74, 6) is 3.75. The van der Waals surface area contributed by atoms with Gasteiger partial charge in [0.2, 0.25) is 5.88 Å². The van der Waals surface area contributed by atoms with Gasteiger partial charge < -0.3 is 24.4 Å². The highest BCUT2D eigenvalue weighted by Gasteiger charge is 2.15. The number of guanidine groups is 1. The molecule has 1 aliphatic heterocycles. The molecule has 0 atom stereocenters. The number of aromatic nitrogens is 1. The van der Waals surface area contributed by atoms with E-state index in [9.17, 15) is 0 Å². The Kier molecular flexibility index (Phi) is 11.6. The Labute approximate surface area is 208 Å². The molecule has 2 heterocycles. The van der Waals surface area contributed by atoms with Gasteiger partial charge in [-0.15, -0.1) is 24.0 Å². The monoisotopic (exact) mass is 554 g/mol. The molecule has 7 nitrogen and oxygen atoms in total. The maximum absolute atomic E-state index is 5.79. The van der Waals surface area contributed by atoms with E-state index in [1.807, 2.05) is 42.6 Å². The Morgan fingerprint density at radius 1 is 1.16 bits per heavy atom. The first-order valence-corrected chi connectivity index (χ1v) is 11.0. The second-order valence-corrected chi connectivity index (χ2v) is 7.72. The van der Waals surface area contributed by atoms with Gasteiger partial charge in [-0.2, -0.15) is 0 Å². The molecule has 0 radical (unpaired) electrons. The molecule has 1 fully saturated rings. The van der Waals surface area contributed by atoms with Crippen LogP contribution in [-0.2, 0) is 11.3 Å². The van der Waals surface area contributed by atoms with E-state index in [0.717, 1.165) is 68.1 Å². The smallest absolute Gasteiger partial charge is 0.219 e. The van der Waals surface area contributed by atoms with E-state index in [2.05, 4.69) is 29.2 Å². The van der Waals surface area contributed by atoms with E-state index in [0.29, 0.717) is 12.4 Å². The zero-order chi connectivity index (χ0) is 21.9. The zero-order valence-corrected chi connectivity index (χ0v) is 21.6. The summed E-state index contributed by atoms with van der Waals surface area (Å²) in [6.07, 6.45) is 5.31. The summed E-state index contributed by atoms with van der Waals surface area (Å²) < 4.78 is 16.4. The molecule has 1 aromatic carbocycles. The van der Waals surface area contributed by atoms with Crippen LogP contribution in [0.3, 0.4) is 0 Å². The Morgan fingerprint density at radius 2 is 1.88 bits per heavy atom. The number of rotatable bonds is 9. The van der Waals surface area contributed by atoms with Gasteiger partial charge in [-0.3, -0.25) is 0 Å². The van der Waals surface area contributed by atoms with Gasteiger partial charge in [-0.1, -0.05) is 6.07 Å². The van der Waals surface area contributed by atoms with Crippen LogP contribution in [0.15, 0.2) is 47.6 Å². The van der Waals surface area contributed by atoms with Crippen LogP contribution in [0, 0.1) is 5.92 Å². The molecule has 3 rings (SSSR count). The van der Waals surface area contributed by atoms with E-state index < -0.39 is 0 Å². The summed E-state index contributed by atoms with van der Waals surface area (Å²) in [5, 5.41) is 3.39. The van der Waals surface area contributed by atoms with Crippen LogP contribution in [-0.4, -0.2) is 56.3 Å². The number of pyridine rings is 1. The third kappa shape index (κ3) is 8.46. The minimum atomic E-state index is 0. The lowest BCUT2D eigenvalue weighted by Crippen LogP contribution is -2.40. The standard InChI is InChI=1S/C24H34N4O3.HI/c1-4-25-24(28(2)14-11-19-12-15-30-16-13-19)27-18-20-5-10-23(26-17-20)31-22-8-6-21(29-3)7-9-22;/h5-10,17,19H,4,11-16,18H2,1-3H3,(H,25,27);1H. The van der Waals surface area contributed by atoms with Crippen LogP contribution >= 0.6 is 24.0 Å². The van der Waals surface area contributed by atoms with Crippen molar-refractivity contribution in [3.8, 4) is 17.4 Å². The van der Waals surface area contributed by atoms with Crippen molar-refractivity contribution < 1.29 is 14.2 Å². The maximum Gasteiger partial charge on any atom is 0.219 e. The molecular weight excluding hydrogens is 519 g/mol. The van der Waals surface area contributed by atoms with Crippen LogP contribution < -0.4 is 14.8 Å². The number of hydrogen-bond donors (Lipinski definition) is 1. The van der Waals surface area contributed by atoms with E-state index in [1.165, 1.54) is 6.42 Å². The molecule has 0 bridgehead atoms. The predicted molar refractivity (Wildman–Crippen MR) is 138 cm³/mol. The Morgan fingerprint density at radius 3 is 2.50 bits per heavy atom. The number of nitrogens with one attached hydrogen (secondary N) is 1. The highest BCUT2D eigenvalue weighted by molar-refractivity contribution is 14.0. The fraction of sp³-hybridized carbons (Fsp3) is 0.500. The van der Waals surface area contributed by atoms with E-state index in [1.54, 1.807) is 7.11 Å². The lowest BCUT2D eigenvalue weighted by atomic mass is 9.96. The molecule has 1 saturated heterocycles. The summed E-state index contributed by atoms with van der Waals surface area (Å²) in [7, 11) is 3.74. The molecule has 0 amide bonds. The Bertz CT molecular complexity index is 809. The van der Waals surface area contributed by atoms with Crippen molar-refractivity contribution in [1.82, 2.24) is 15.2 Å². The molecule has 0 aliphatic carbocycles. The number of halogens is 1. The van der Waals surface area contributed by atoms with Crippen molar-refractivity contribution in [2.24, 2.45) is 10.9 Å². The average molecular weight is 554 g/mol. The van der Waals surface area contributed by atoms with Crippen molar-refractivity contribution >= 4 is 29.9 Å². The Balaban J connectivity index is 0.00000363. The zero-order valence-electron chi connectivity index (χ0n) is 19.3. The molecule has 0 saturated carbocycles. The predicted octanol–water partition coefficient (Wildman–Crippen LogP) is 4.71. The van der Waals surface area contributed by atoms with Crippen LogP contribution in [0.2, 0.25) is 0 Å². The first-order valence-electron chi connectivity index (χ1n) is 11.0. The first-order chi connectivity index (χ1) is 15.2. The first kappa shape index (κ1) is 26.2. The third-order valence-corrected chi connectivity index (χ3v) is 5.40. The molecule has 1 aromatic heterocycles. The van der Waals surface area contributed by atoms with E-state index in [-0.39, 0.29) is 24.0 Å². The topological polar surface area (TPSA) is 68.2 Å². The number of methoxy groups -OCH3 is 1. The molecule has 176 valence electrons. The summed E-state index contributed by atoms with van der Waals surface area (Å²) in [6.45, 7) is 6.28. The van der Waals surface area contributed by atoms with Gasteiger partial charge in [0.25, 0.3) is 0 Å². The van der Waals surface area contributed by atoms with Gasteiger partial charge in [0.05, 0.1) is 13.7 Å². The van der Waals surface area contributed by atoms with Crippen molar-refractivity contribution in [1.29, 1.82) is 0 Å². The van der Waals surface area contributed by atoms with Crippen LogP contribution in [0.25, 0.3) is 0 Å². The van der Waals surface area contributed by atoms with Crippen molar-refractivity contribution in [2.45, 2.75) is 32.7 Å². The number of aliphatic imine (C=N–C) groups is 1. The van der Waals surface area contributed by atoms with E-state index >= 15 is 0 Å². The lowest BCUT2D eigenvalue weighted by molar-refractivity contribution is 0.0625. The second kappa shape index (κ2) is 14.2.